The zero-order chi connectivity index (χ0) is 8.55. The summed E-state index contributed by atoms with van der Waals surface area (Å²) in [4.78, 5) is 0. The first-order chi connectivity index (χ1) is 5.83. The molecule has 2 aromatic rings. The highest BCUT2D eigenvalue weighted by molar-refractivity contribution is 6.28. The van der Waals surface area contributed by atoms with E-state index in [1.54, 1.807) is 4.40 Å². The lowest BCUT2D eigenvalue weighted by Gasteiger charge is -2.00. The third-order valence-electron chi connectivity index (χ3n) is 1.68. The second-order valence-corrected chi connectivity index (χ2v) is 2.72. The van der Waals surface area contributed by atoms with Crippen LogP contribution >= 0.6 is 11.6 Å². The quantitative estimate of drug-likeness (QED) is 0.711. The van der Waals surface area contributed by atoms with Gasteiger partial charge in [0, 0.05) is 12.2 Å². The van der Waals surface area contributed by atoms with E-state index >= 15 is 0 Å². The van der Waals surface area contributed by atoms with Crippen molar-refractivity contribution in [2.45, 2.75) is 6.54 Å². The summed E-state index contributed by atoms with van der Waals surface area (Å²) in [6, 6.07) is 5.60. The van der Waals surface area contributed by atoms with Gasteiger partial charge in [-0.25, -0.2) is 0 Å². The lowest BCUT2D eigenvalue weighted by molar-refractivity contribution is 0.941. The first-order valence-electron chi connectivity index (χ1n) is 3.51. The van der Waals surface area contributed by atoms with Crippen LogP contribution in [-0.4, -0.2) is 14.6 Å². The molecule has 62 valence electrons. The number of hydrogen-bond donors (Lipinski definition) is 1. The Morgan fingerprint density at radius 1 is 1.42 bits per heavy atom. The predicted molar refractivity (Wildman–Crippen MR) is 45.9 cm³/mol. The van der Waals surface area contributed by atoms with Gasteiger partial charge in [0.15, 0.2) is 5.65 Å². The van der Waals surface area contributed by atoms with Crippen molar-refractivity contribution in [1.29, 1.82) is 0 Å². The number of pyridine rings is 1. The van der Waals surface area contributed by atoms with Gasteiger partial charge >= 0.3 is 0 Å². The number of nitrogens with zero attached hydrogens (tertiary/aromatic N) is 3. The number of hydrogen-bond acceptors (Lipinski definition) is 3. The van der Waals surface area contributed by atoms with E-state index in [1.807, 2.05) is 18.2 Å². The molecule has 0 atom stereocenters. The first kappa shape index (κ1) is 7.52. The monoisotopic (exact) mass is 182 g/mol. The molecule has 0 saturated heterocycles. The molecule has 0 bridgehead atoms. The van der Waals surface area contributed by atoms with Crippen LogP contribution < -0.4 is 5.73 Å². The van der Waals surface area contributed by atoms with Crippen LogP contribution in [0, 0.1) is 0 Å². The van der Waals surface area contributed by atoms with Gasteiger partial charge in [0.25, 0.3) is 0 Å². The molecule has 0 fully saturated rings. The van der Waals surface area contributed by atoms with Crippen molar-refractivity contribution in [1.82, 2.24) is 14.6 Å². The second-order valence-electron chi connectivity index (χ2n) is 2.38. The van der Waals surface area contributed by atoms with Gasteiger partial charge in [0.05, 0.1) is 0 Å². The summed E-state index contributed by atoms with van der Waals surface area (Å²) in [6.45, 7) is 0.426. The molecule has 2 heterocycles. The van der Waals surface area contributed by atoms with Crippen molar-refractivity contribution in [3.05, 3.63) is 29.2 Å². The van der Waals surface area contributed by atoms with Gasteiger partial charge in [0.2, 0.25) is 5.28 Å². The van der Waals surface area contributed by atoms with Crippen molar-refractivity contribution in [2.24, 2.45) is 5.73 Å². The summed E-state index contributed by atoms with van der Waals surface area (Å²) in [7, 11) is 0. The van der Waals surface area contributed by atoms with E-state index in [1.165, 1.54) is 0 Å². The Morgan fingerprint density at radius 3 is 3.00 bits per heavy atom. The molecule has 0 radical (unpaired) electrons. The lowest BCUT2D eigenvalue weighted by Crippen LogP contribution is -2.03. The number of halogens is 1. The lowest BCUT2D eigenvalue weighted by atomic mass is 10.3. The van der Waals surface area contributed by atoms with E-state index in [2.05, 4.69) is 10.2 Å². The van der Waals surface area contributed by atoms with E-state index in [4.69, 9.17) is 17.3 Å². The molecule has 0 unspecified atom stereocenters. The summed E-state index contributed by atoms with van der Waals surface area (Å²) in [5.74, 6) is 0. The summed E-state index contributed by atoms with van der Waals surface area (Å²) in [6.07, 6.45) is 0. The highest BCUT2D eigenvalue weighted by Gasteiger charge is 2.04. The molecule has 4 nitrogen and oxygen atoms in total. The summed E-state index contributed by atoms with van der Waals surface area (Å²) in [5.41, 5.74) is 7.14. The summed E-state index contributed by atoms with van der Waals surface area (Å²) < 4.78 is 1.72. The number of rotatable bonds is 1. The minimum atomic E-state index is 0.353. The van der Waals surface area contributed by atoms with Crippen LogP contribution in [0.1, 0.15) is 5.69 Å². The minimum absolute atomic E-state index is 0.353. The number of nitrogens with two attached hydrogens (primary N) is 1. The van der Waals surface area contributed by atoms with Crippen molar-refractivity contribution >= 4 is 17.2 Å². The Morgan fingerprint density at radius 2 is 2.25 bits per heavy atom. The minimum Gasteiger partial charge on any atom is -0.325 e. The zero-order valence-electron chi connectivity index (χ0n) is 6.24. The van der Waals surface area contributed by atoms with Gasteiger partial charge in [0.1, 0.15) is 0 Å². The predicted octanol–water partition coefficient (Wildman–Crippen LogP) is 0.841. The van der Waals surface area contributed by atoms with Crippen molar-refractivity contribution in [3.63, 3.8) is 0 Å². The van der Waals surface area contributed by atoms with Crippen LogP contribution in [0.25, 0.3) is 5.65 Å². The van der Waals surface area contributed by atoms with Gasteiger partial charge in [-0.15, -0.1) is 10.2 Å². The molecule has 0 spiro atoms. The van der Waals surface area contributed by atoms with E-state index in [0.717, 1.165) is 11.3 Å². The third kappa shape index (κ3) is 0.964. The molecule has 2 aromatic heterocycles. The van der Waals surface area contributed by atoms with Gasteiger partial charge in [-0.2, -0.15) is 0 Å². The largest absolute Gasteiger partial charge is 0.325 e. The van der Waals surface area contributed by atoms with E-state index in [-0.39, 0.29) is 0 Å². The van der Waals surface area contributed by atoms with E-state index in [0.29, 0.717) is 11.8 Å². The molecule has 0 aliphatic rings. The van der Waals surface area contributed by atoms with Crippen LogP contribution in [0.15, 0.2) is 18.2 Å². The van der Waals surface area contributed by atoms with Gasteiger partial charge in [-0.05, 0) is 23.7 Å². The molecule has 2 N–H and O–H groups in total. The van der Waals surface area contributed by atoms with E-state index in [9.17, 15) is 0 Å². The van der Waals surface area contributed by atoms with Crippen LogP contribution in [0.2, 0.25) is 5.28 Å². The third-order valence-corrected chi connectivity index (χ3v) is 1.92. The molecule has 0 aromatic carbocycles. The first-order valence-corrected chi connectivity index (χ1v) is 3.89. The Balaban J connectivity index is 2.84. The highest BCUT2D eigenvalue weighted by atomic mass is 35.5. The standard InChI is InChI=1S/C7H7ClN4/c8-7-11-10-6-3-1-2-5(4-9)12(6)7/h1-3H,4,9H2. The topological polar surface area (TPSA) is 56.2 Å². The molecule has 12 heavy (non-hydrogen) atoms. The Hall–Kier alpha value is -1.13. The fraction of sp³-hybridized carbons (Fsp3) is 0.143. The molecular formula is C7H7ClN4. The molecule has 0 amide bonds. The van der Waals surface area contributed by atoms with Gasteiger partial charge < -0.3 is 5.73 Å². The average molecular weight is 183 g/mol. The van der Waals surface area contributed by atoms with Crippen LogP contribution in [-0.2, 0) is 6.54 Å². The maximum absolute atomic E-state index is 5.79. The number of fused-ring (bicyclic) bond motifs is 1. The average Bonchev–Trinajstić information content (AvgIpc) is 2.48. The summed E-state index contributed by atoms with van der Waals surface area (Å²) in [5, 5.41) is 7.93. The Kier molecular flexibility index (Phi) is 1.71. The molecule has 2 rings (SSSR count). The molecular weight excluding hydrogens is 176 g/mol. The molecule has 0 aliphatic carbocycles. The Bertz CT molecular complexity index is 409. The maximum atomic E-state index is 5.79. The summed E-state index contributed by atoms with van der Waals surface area (Å²) >= 11 is 5.79. The second kappa shape index (κ2) is 2.73. The highest BCUT2D eigenvalue weighted by Crippen LogP contribution is 2.11. The van der Waals surface area contributed by atoms with Crippen LogP contribution in [0.3, 0.4) is 0 Å². The van der Waals surface area contributed by atoms with Gasteiger partial charge in [-0.3, -0.25) is 4.40 Å². The normalized spacial score (nSPS) is 10.8. The molecule has 0 saturated carbocycles. The fourth-order valence-electron chi connectivity index (χ4n) is 1.13. The Labute approximate surface area is 74.0 Å². The van der Waals surface area contributed by atoms with Crippen molar-refractivity contribution < 1.29 is 0 Å². The molecule has 0 aliphatic heterocycles. The van der Waals surface area contributed by atoms with Crippen molar-refractivity contribution in [3.8, 4) is 0 Å². The maximum Gasteiger partial charge on any atom is 0.229 e. The SMILES string of the molecule is NCc1cccc2nnc(Cl)n12. The van der Waals surface area contributed by atoms with Gasteiger partial charge in [-0.1, -0.05) is 6.07 Å². The number of aromatic nitrogens is 3. The fourth-order valence-corrected chi connectivity index (χ4v) is 1.36. The zero-order valence-corrected chi connectivity index (χ0v) is 6.99. The molecule has 5 heteroatoms. The van der Waals surface area contributed by atoms with Crippen molar-refractivity contribution in [2.75, 3.05) is 0 Å². The van der Waals surface area contributed by atoms with Crippen LogP contribution in [0.5, 0.6) is 0 Å². The van der Waals surface area contributed by atoms with Crippen LogP contribution in [0.4, 0.5) is 0 Å². The smallest absolute Gasteiger partial charge is 0.229 e. The van der Waals surface area contributed by atoms with E-state index < -0.39 is 0 Å².